The Morgan fingerprint density at radius 3 is 2.94 bits per heavy atom. The van der Waals surface area contributed by atoms with Crippen LogP contribution in [0.3, 0.4) is 0 Å². The van der Waals surface area contributed by atoms with Gasteiger partial charge in [0, 0.05) is 0 Å². The van der Waals surface area contributed by atoms with Crippen LogP contribution < -0.4 is 5.73 Å². The summed E-state index contributed by atoms with van der Waals surface area (Å²) >= 11 is 0. The molecule has 0 atom stereocenters. The normalized spacial score (nSPS) is 13.9. The summed E-state index contributed by atoms with van der Waals surface area (Å²) < 4.78 is 1.85. The second-order valence-corrected chi connectivity index (χ2v) is 4.52. The van der Waals surface area contributed by atoms with Gasteiger partial charge in [-0.2, -0.15) is 5.10 Å². The molecule has 0 spiro atoms. The van der Waals surface area contributed by atoms with Crippen molar-refractivity contribution in [3.63, 3.8) is 0 Å². The lowest BCUT2D eigenvalue weighted by molar-refractivity contribution is 0.671. The van der Waals surface area contributed by atoms with E-state index in [-0.39, 0.29) is 0 Å². The van der Waals surface area contributed by atoms with Crippen LogP contribution in [0.1, 0.15) is 28.9 Å². The highest BCUT2D eigenvalue weighted by Crippen LogP contribution is 2.22. The van der Waals surface area contributed by atoms with Crippen LogP contribution in [0.5, 0.6) is 0 Å². The molecule has 1 aliphatic carbocycles. The van der Waals surface area contributed by atoms with Crippen molar-refractivity contribution in [2.75, 3.05) is 0 Å². The maximum atomic E-state index is 5.49. The fraction of sp³-hybridized carbons (Fsp3) is 0.385. The predicted molar refractivity (Wildman–Crippen MR) is 65.5 cm³/mol. The van der Waals surface area contributed by atoms with Crippen LogP contribution in [0.15, 0.2) is 24.5 Å². The van der Waals surface area contributed by atoms with E-state index < -0.39 is 0 Å². The molecule has 0 bridgehead atoms. The number of hydrogen-bond donors (Lipinski definition) is 1. The predicted octanol–water partition coefficient (Wildman–Crippen LogP) is 1.27. The van der Waals surface area contributed by atoms with Crippen molar-refractivity contribution in [3.05, 3.63) is 47.0 Å². The molecule has 4 nitrogen and oxygen atoms in total. The fourth-order valence-electron chi connectivity index (χ4n) is 2.41. The summed E-state index contributed by atoms with van der Waals surface area (Å²) in [5, 5.41) is 4.30. The van der Waals surface area contributed by atoms with Crippen molar-refractivity contribution < 1.29 is 0 Å². The first-order valence-corrected chi connectivity index (χ1v) is 6.04. The summed E-state index contributed by atoms with van der Waals surface area (Å²) in [6.07, 6.45) is 5.49. The van der Waals surface area contributed by atoms with E-state index in [9.17, 15) is 0 Å². The summed E-state index contributed by atoms with van der Waals surface area (Å²) in [7, 11) is 0. The van der Waals surface area contributed by atoms with E-state index in [1.54, 1.807) is 6.33 Å². The highest BCUT2D eigenvalue weighted by atomic mass is 15.3. The molecule has 0 unspecified atom stereocenters. The maximum Gasteiger partial charge on any atom is 0.164 e. The number of aromatic nitrogens is 3. The van der Waals surface area contributed by atoms with Crippen molar-refractivity contribution in [2.45, 2.75) is 32.4 Å². The Kier molecular flexibility index (Phi) is 2.65. The highest BCUT2D eigenvalue weighted by molar-refractivity contribution is 5.35. The number of nitrogens with zero attached hydrogens (tertiary/aromatic N) is 3. The average Bonchev–Trinajstić information content (AvgIpc) is 2.96. The average molecular weight is 228 g/mol. The lowest BCUT2D eigenvalue weighted by Gasteiger charge is -2.04. The first kappa shape index (κ1) is 10.5. The van der Waals surface area contributed by atoms with E-state index in [0.29, 0.717) is 12.4 Å². The molecule has 0 saturated heterocycles. The molecule has 4 heteroatoms. The van der Waals surface area contributed by atoms with Crippen molar-refractivity contribution in [1.29, 1.82) is 0 Å². The zero-order valence-corrected chi connectivity index (χ0v) is 9.76. The molecule has 17 heavy (non-hydrogen) atoms. The Bertz CT molecular complexity index is 530. The van der Waals surface area contributed by atoms with Gasteiger partial charge in [-0.05, 0) is 36.0 Å². The zero-order chi connectivity index (χ0) is 11.7. The Labute approximate surface area is 100 Å². The lowest BCUT2D eigenvalue weighted by Crippen LogP contribution is -2.04. The minimum Gasteiger partial charge on any atom is -0.324 e. The molecular formula is C13H16N4. The van der Waals surface area contributed by atoms with E-state index in [1.165, 1.54) is 36.0 Å². The van der Waals surface area contributed by atoms with Gasteiger partial charge in [-0.25, -0.2) is 9.67 Å². The van der Waals surface area contributed by atoms with Crippen molar-refractivity contribution in [1.82, 2.24) is 14.8 Å². The van der Waals surface area contributed by atoms with Gasteiger partial charge in [0.15, 0.2) is 5.82 Å². The van der Waals surface area contributed by atoms with Gasteiger partial charge >= 0.3 is 0 Å². The Morgan fingerprint density at radius 1 is 1.24 bits per heavy atom. The largest absolute Gasteiger partial charge is 0.324 e. The number of aryl methyl sites for hydroxylation is 2. The minimum atomic E-state index is 0.400. The zero-order valence-electron chi connectivity index (χ0n) is 9.76. The Hall–Kier alpha value is -1.68. The quantitative estimate of drug-likeness (QED) is 0.860. The number of fused-ring (bicyclic) bond motifs is 1. The molecule has 0 radical (unpaired) electrons. The molecular weight excluding hydrogens is 212 g/mol. The molecule has 0 amide bonds. The van der Waals surface area contributed by atoms with Gasteiger partial charge in [-0.3, -0.25) is 0 Å². The number of benzene rings is 1. The molecule has 2 aromatic rings. The van der Waals surface area contributed by atoms with E-state index >= 15 is 0 Å². The van der Waals surface area contributed by atoms with E-state index in [2.05, 4.69) is 28.3 Å². The SMILES string of the molecule is NCc1ncn(Cc2ccc3c(c2)CCC3)n1. The molecule has 1 aliphatic rings. The Balaban J connectivity index is 1.80. The number of hydrogen-bond acceptors (Lipinski definition) is 3. The standard InChI is InChI=1S/C13H16N4/c14-7-13-15-9-17(16-13)8-10-4-5-11-2-1-3-12(11)6-10/h4-6,9H,1-3,7-8,14H2. The minimum absolute atomic E-state index is 0.400. The van der Waals surface area contributed by atoms with Gasteiger partial charge < -0.3 is 5.73 Å². The van der Waals surface area contributed by atoms with Crippen LogP contribution in [0.25, 0.3) is 0 Å². The molecule has 1 aromatic heterocycles. The van der Waals surface area contributed by atoms with Crippen LogP contribution in [-0.4, -0.2) is 14.8 Å². The summed E-state index contributed by atoms with van der Waals surface area (Å²) in [6, 6.07) is 6.73. The van der Waals surface area contributed by atoms with E-state index in [0.717, 1.165) is 6.54 Å². The molecule has 0 fully saturated rings. The first-order valence-electron chi connectivity index (χ1n) is 6.04. The van der Waals surface area contributed by atoms with Crippen molar-refractivity contribution in [2.24, 2.45) is 5.73 Å². The topological polar surface area (TPSA) is 56.7 Å². The highest BCUT2D eigenvalue weighted by Gasteiger charge is 2.11. The maximum absolute atomic E-state index is 5.49. The number of nitrogens with two attached hydrogens (primary N) is 1. The monoisotopic (exact) mass is 228 g/mol. The van der Waals surface area contributed by atoms with Crippen LogP contribution in [0.4, 0.5) is 0 Å². The molecule has 2 N–H and O–H groups in total. The van der Waals surface area contributed by atoms with Gasteiger partial charge in [0.2, 0.25) is 0 Å². The van der Waals surface area contributed by atoms with Gasteiger partial charge in [0.1, 0.15) is 6.33 Å². The van der Waals surface area contributed by atoms with E-state index in [4.69, 9.17) is 5.73 Å². The number of rotatable bonds is 3. The summed E-state index contributed by atoms with van der Waals surface area (Å²) in [6.45, 7) is 1.18. The molecule has 1 aromatic carbocycles. The van der Waals surface area contributed by atoms with E-state index in [1.807, 2.05) is 4.68 Å². The second kappa shape index (κ2) is 4.30. The van der Waals surface area contributed by atoms with Gasteiger partial charge in [0.05, 0.1) is 13.1 Å². The first-order chi connectivity index (χ1) is 8.35. The molecule has 3 rings (SSSR count). The lowest BCUT2D eigenvalue weighted by atomic mass is 10.1. The van der Waals surface area contributed by atoms with Crippen molar-refractivity contribution >= 4 is 0 Å². The fourth-order valence-corrected chi connectivity index (χ4v) is 2.41. The van der Waals surface area contributed by atoms with Gasteiger partial charge in [-0.15, -0.1) is 0 Å². The third kappa shape index (κ3) is 2.08. The molecule has 0 aliphatic heterocycles. The van der Waals surface area contributed by atoms with Crippen LogP contribution in [-0.2, 0) is 25.9 Å². The van der Waals surface area contributed by atoms with Crippen LogP contribution in [0.2, 0.25) is 0 Å². The summed E-state index contributed by atoms with van der Waals surface area (Å²) in [5.74, 6) is 0.700. The van der Waals surface area contributed by atoms with Gasteiger partial charge in [0.25, 0.3) is 0 Å². The third-order valence-electron chi connectivity index (χ3n) is 3.27. The second-order valence-electron chi connectivity index (χ2n) is 4.52. The van der Waals surface area contributed by atoms with Crippen molar-refractivity contribution in [3.8, 4) is 0 Å². The summed E-state index contributed by atoms with van der Waals surface area (Å²) in [4.78, 5) is 4.13. The molecule has 88 valence electrons. The Morgan fingerprint density at radius 2 is 2.12 bits per heavy atom. The summed E-state index contributed by atoms with van der Waals surface area (Å²) in [5.41, 5.74) is 9.79. The third-order valence-corrected chi connectivity index (χ3v) is 3.27. The molecule has 0 saturated carbocycles. The van der Waals surface area contributed by atoms with Crippen LogP contribution >= 0.6 is 0 Å². The molecule has 1 heterocycles. The smallest absolute Gasteiger partial charge is 0.164 e. The van der Waals surface area contributed by atoms with Crippen LogP contribution in [0, 0.1) is 0 Å². The van der Waals surface area contributed by atoms with Gasteiger partial charge in [-0.1, -0.05) is 18.2 Å².